The van der Waals surface area contributed by atoms with Crippen molar-refractivity contribution in [3.63, 3.8) is 0 Å². The fourth-order valence-electron chi connectivity index (χ4n) is 2.53. The minimum atomic E-state index is 0.184. The Labute approximate surface area is 117 Å². The Morgan fingerprint density at radius 2 is 2.05 bits per heavy atom. The minimum absolute atomic E-state index is 0.184. The molecule has 20 heavy (non-hydrogen) atoms. The molecule has 0 saturated carbocycles. The predicted molar refractivity (Wildman–Crippen MR) is 78.3 cm³/mol. The van der Waals surface area contributed by atoms with Crippen LogP contribution in [0, 0.1) is 0 Å². The van der Waals surface area contributed by atoms with E-state index in [2.05, 4.69) is 38.8 Å². The van der Waals surface area contributed by atoms with Gasteiger partial charge in [-0.3, -0.25) is 4.68 Å². The highest BCUT2D eigenvalue weighted by Crippen LogP contribution is 2.23. The van der Waals surface area contributed by atoms with Gasteiger partial charge in [-0.05, 0) is 24.7 Å². The van der Waals surface area contributed by atoms with Crippen LogP contribution in [0.3, 0.4) is 0 Å². The Morgan fingerprint density at radius 3 is 2.80 bits per heavy atom. The van der Waals surface area contributed by atoms with Crippen LogP contribution in [0.4, 0.5) is 0 Å². The first-order valence-corrected chi connectivity index (χ1v) is 6.64. The first-order valence-electron chi connectivity index (χ1n) is 6.64. The van der Waals surface area contributed by atoms with E-state index in [1.807, 2.05) is 30.9 Å². The van der Waals surface area contributed by atoms with Crippen LogP contribution in [0.15, 0.2) is 42.7 Å². The van der Waals surface area contributed by atoms with Crippen molar-refractivity contribution < 1.29 is 0 Å². The molecule has 3 rings (SSSR count). The maximum atomic E-state index is 4.64. The van der Waals surface area contributed by atoms with Crippen molar-refractivity contribution in [3.05, 3.63) is 54.0 Å². The lowest BCUT2D eigenvalue weighted by Gasteiger charge is -2.14. The van der Waals surface area contributed by atoms with Gasteiger partial charge in [-0.25, -0.2) is 0 Å². The monoisotopic (exact) mass is 267 g/mol. The third kappa shape index (κ3) is 2.28. The van der Waals surface area contributed by atoms with Gasteiger partial charge >= 0.3 is 0 Å². The summed E-state index contributed by atoms with van der Waals surface area (Å²) >= 11 is 0. The number of nitrogens with one attached hydrogen (secondary N) is 1. The number of aryl methyl sites for hydroxylation is 1. The number of rotatable bonds is 4. The Bertz CT molecular complexity index is 705. The standard InChI is InChI=1S/C15H17N5/c1-16-13(11-7-8-17-18-10-11)9-14-12-5-3-4-6-15(12)20(2)19-14/h3-8,10,13,16H,9H2,1-2H3. The molecule has 0 fully saturated rings. The third-order valence-corrected chi connectivity index (χ3v) is 3.59. The second-order valence-corrected chi connectivity index (χ2v) is 4.81. The van der Waals surface area contributed by atoms with Crippen LogP contribution in [0.1, 0.15) is 17.3 Å². The molecule has 5 nitrogen and oxygen atoms in total. The molecule has 1 atom stereocenters. The summed E-state index contributed by atoms with van der Waals surface area (Å²) in [5.41, 5.74) is 3.38. The Morgan fingerprint density at radius 1 is 1.20 bits per heavy atom. The summed E-state index contributed by atoms with van der Waals surface area (Å²) in [7, 11) is 3.93. The van der Waals surface area contributed by atoms with E-state index >= 15 is 0 Å². The molecule has 0 aliphatic carbocycles. The van der Waals surface area contributed by atoms with Crippen LogP contribution in [0.5, 0.6) is 0 Å². The number of hydrogen-bond donors (Lipinski definition) is 1. The smallest absolute Gasteiger partial charge is 0.0722 e. The molecule has 0 aliphatic rings. The highest BCUT2D eigenvalue weighted by Gasteiger charge is 2.15. The molecule has 0 radical (unpaired) electrons. The van der Waals surface area contributed by atoms with Crippen molar-refractivity contribution in [2.45, 2.75) is 12.5 Å². The summed E-state index contributed by atoms with van der Waals surface area (Å²) < 4.78 is 1.93. The van der Waals surface area contributed by atoms with Gasteiger partial charge < -0.3 is 5.32 Å². The average Bonchev–Trinajstić information content (AvgIpc) is 2.82. The lowest BCUT2D eigenvalue weighted by Crippen LogP contribution is -2.19. The van der Waals surface area contributed by atoms with Crippen molar-refractivity contribution in [1.82, 2.24) is 25.3 Å². The van der Waals surface area contributed by atoms with E-state index in [-0.39, 0.29) is 6.04 Å². The van der Waals surface area contributed by atoms with Crippen LogP contribution in [0.25, 0.3) is 10.9 Å². The molecule has 0 bridgehead atoms. The zero-order chi connectivity index (χ0) is 13.9. The maximum Gasteiger partial charge on any atom is 0.0722 e. The lowest BCUT2D eigenvalue weighted by molar-refractivity contribution is 0.576. The number of hydrogen-bond acceptors (Lipinski definition) is 4. The summed E-state index contributed by atoms with van der Waals surface area (Å²) in [5, 5.41) is 16.9. The quantitative estimate of drug-likeness (QED) is 0.784. The van der Waals surface area contributed by atoms with E-state index in [9.17, 15) is 0 Å². The van der Waals surface area contributed by atoms with Gasteiger partial charge in [0.05, 0.1) is 17.4 Å². The molecule has 1 unspecified atom stereocenters. The van der Waals surface area contributed by atoms with Crippen molar-refractivity contribution in [1.29, 1.82) is 0 Å². The Kier molecular flexibility index (Phi) is 3.43. The van der Waals surface area contributed by atoms with Gasteiger partial charge in [-0.2, -0.15) is 15.3 Å². The summed E-state index contributed by atoms with van der Waals surface area (Å²) in [6.07, 6.45) is 4.34. The second kappa shape index (κ2) is 5.38. The third-order valence-electron chi connectivity index (χ3n) is 3.59. The number of likely N-dealkylation sites (N-methyl/N-ethyl adjacent to an activating group) is 1. The van der Waals surface area contributed by atoms with E-state index in [1.54, 1.807) is 12.4 Å². The molecule has 5 heteroatoms. The zero-order valence-electron chi connectivity index (χ0n) is 11.6. The largest absolute Gasteiger partial charge is 0.313 e. The summed E-state index contributed by atoms with van der Waals surface area (Å²) in [6.45, 7) is 0. The second-order valence-electron chi connectivity index (χ2n) is 4.81. The summed E-state index contributed by atoms with van der Waals surface area (Å²) in [4.78, 5) is 0. The molecule has 102 valence electrons. The number of fused-ring (bicyclic) bond motifs is 1. The summed E-state index contributed by atoms with van der Waals surface area (Å²) in [5.74, 6) is 0. The van der Waals surface area contributed by atoms with Gasteiger partial charge in [0.2, 0.25) is 0 Å². The topological polar surface area (TPSA) is 55.6 Å². The van der Waals surface area contributed by atoms with Gasteiger partial charge in [-0.15, -0.1) is 0 Å². The van der Waals surface area contributed by atoms with Gasteiger partial charge in [0.15, 0.2) is 0 Å². The minimum Gasteiger partial charge on any atom is -0.313 e. The number of benzene rings is 1. The van der Waals surface area contributed by atoms with E-state index < -0.39 is 0 Å². The van der Waals surface area contributed by atoms with Crippen LogP contribution in [-0.2, 0) is 13.5 Å². The highest BCUT2D eigenvalue weighted by molar-refractivity contribution is 5.81. The Balaban J connectivity index is 1.96. The fourth-order valence-corrected chi connectivity index (χ4v) is 2.53. The van der Waals surface area contributed by atoms with Gasteiger partial charge in [-0.1, -0.05) is 18.2 Å². The van der Waals surface area contributed by atoms with Crippen LogP contribution in [-0.4, -0.2) is 27.0 Å². The van der Waals surface area contributed by atoms with E-state index in [0.717, 1.165) is 23.2 Å². The molecule has 2 aromatic heterocycles. The molecule has 0 saturated heterocycles. The molecule has 1 aromatic carbocycles. The van der Waals surface area contributed by atoms with E-state index in [0.29, 0.717) is 0 Å². The average molecular weight is 267 g/mol. The molecular weight excluding hydrogens is 250 g/mol. The number of aromatic nitrogens is 4. The van der Waals surface area contributed by atoms with Crippen molar-refractivity contribution in [3.8, 4) is 0 Å². The lowest BCUT2D eigenvalue weighted by atomic mass is 10.0. The summed E-state index contributed by atoms with van der Waals surface area (Å²) in [6, 6.07) is 10.5. The van der Waals surface area contributed by atoms with Crippen LogP contribution >= 0.6 is 0 Å². The predicted octanol–water partition coefficient (Wildman–Crippen LogP) is 1.87. The molecule has 0 aliphatic heterocycles. The van der Waals surface area contributed by atoms with E-state index in [1.165, 1.54) is 5.39 Å². The van der Waals surface area contributed by atoms with Crippen molar-refractivity contribution >= 4 is 10.9 Å². The number of nitrogens with zero attached hydrogens (tertiary/aromatic N) is 4. The SMILES string of the molecule is CNC(Cc1nn(C)c2ccccc12)c1ccnnc1. The fraction of sp³-hybridized carbons (Fsp3) is 0.267. The first-order chi connectivity index (χ1) is 9.79. The molecule has 3 aromatic rings. The Hall–Kier alpha value is -2.27. The van der Waals surface area contributed by atoms with E-state index in [4.69, 9.17) is 0 Å². The first kappa shape index (κ1) is 12.7. The molecule has 0 amide bonds. The van der Waals surface area contributed by atoms with Crippen LogP contribution in [0.2, 0.25) is 0 Å². The van der Waals surface area contributed by atoms with Crippen molar-refractivity contribution in [2.24, 2.45) is 7.05 Å². The van der Waals surface area contributed by atoms with Gasteiger partial charge in [0.1, 0.15) is 0 Å². The molecule has 2 heterocycles. The molecule has 0 spiro atoms. The zero-order valence-corrected chi connectivity index (χ0v) is 11.6. The van der Waals surface area contributed by atoms with Gasteiger partial charge in [0.25, 0.3) is 0 Å². The molecular formula is C15H17N5. The number of para-hydroxylation sites is 1. The maximum absolute atomic E-state index is 4.64. The molecule has 1 N–H and O–H groups in total. The van der Waals surface area contributed by atoms with Crippen LogP contribution < -0.4 is 5.32 Å². The van der Waals surface area contributed by atoms with Crippen molar-refractivity contribution in [2.75, 3.05) is 7.05 Å². The normalized spacial score (nSPS) is 12.7. The highest BCUT2D eigenvalue weighted by atomic mass is 15.3. The van der Waals surface area contributed by atoms with Gasteiger partial charge in [0, 0.05) is 31.1 Å².